The molecule has 10 nitrogen and oxygen atoms in total. The SMILES string of the molecule is NC(=O)c1ccc(NCc2nc3c(=O)[nH]c(N)nc3[nH]c2=O)cc1. The lowest BCUT2D eigenvalue weighted by molar-refractivity contribution is 0.100. The Kier molecular flexibility index (Phi) is 3.70. The van der Waals surface area contributed by atoms with Crippen molar-refractivity contribution in [3.63, 3.8) is 0 Å². The summed E-state index contributed by atoms with van der Waals surface area (Å²) in [6.07, 6.45) is 0. The van der Waals surface area contributed by atoms with Gasteiger partial charge in [-0.05, 0) is 24.3 Å². The zero-order valence-corrected chi connectivity index (χ0v) is 12.3. The van der Waals surface area contributed by atoms with Crippen molar-refractivity contribution in [1.82, 2.24) is 19.9 Å². The number of carbonyl (C=O) groups is 1. The molecule has 24 heavy (non-hydrogen) atoms. The summed E-state index contributed by atoms with van der Waals surface area (Å²) in [5.41, 5.74) is 10.7. The highest BCUT2D eigenvalue weighted by Crippen LogP contribution is 2.10. The first-order chi connectivity index (χ1) is 11.4. The molecule has 2 heterocycles. The Labute approximate surface area is 133 Å². The fraction of sp³-hybridized carbons (Fsp3) is 0.0714. The van der Waals surface area contributed by atoms with Crippen LogP contribution in [-0.2, 0) is 6.54 Å². The molecule has 10 heteroatoms. The molecule has 0 spiro atoms. The zero-order valence-electron chi connectivity index (χ0n) is 12.3. The van der Waals surface area contributed by atoms with Crippen LogP contribution >= 0.6 is 0 Å². The average Bonchev–Trinajstić information content (AvgIpc) is 2.53. The number of nitrogens with zero attached hydrogens (tertiary/aromatic N) is 2. The van der Waals surface area contributed by atoms with Crippen LogP contribution in [0.2, 0.25) is 0 Å². The Hall–Kier alpha value is -3.69. The van der Waals surface area contributed by atoms with Gasteiger partial charge in [-0.15, -0.1) is 0 Å². The normalized spacial score (nSPS) is 10.7. The summed E-state index contributed by atoms with van der Waals surface area (Å²) in [5.74, 6) is -0.634. The maximum absolute atomic E-state index is 12.0. The summed E-state index contributed by atoms with van der Waals surface area (Å²) < 4.78 is 0. The number of primary amides is 1. The van der Waals surface area contributed by atoms with Crippen molar-refractivity contribution in [2.45, 2.75) is 6.54 Å². The van der Waals surface area contributed by atoms with E-state index in [-0.39, 0.29) is 29.4 Å². The number of fused-ring (bicyclic) bond motifs is 1. The van der Waals surface area contributed by atoms with Crippen molar-refractivity contribution in [2.24, 2.45) is 5.73 Å². The van der Waals surface area contributed by atoms with E-state index in [0.717, 1.165) is 0 Å². The second kappa shape index (κ2) is 5.83. The lowest BCUT2D eigenvalue weighted by Gasteiger charge is -2.06. The summed E-state index contributed by atoms with van der Waals surface area (Å²) in [6, 6.07) is 6.40. The van der Waals surface area contributed by atoms with Crippen molar-refractivity contribution >= 4 is 28.7 Å². The van der Waals surface area contributed by atoms with E-state index in [1.165, 1.54) is 0 Å². The van der Waals surface area contributed by atoms with Gasteiger partial charge in [-0.25, -0.2) is 4.98 Å². The molecule has 0 aliphatic rings. The molecule has 1 aromatic carbocycles. The average molecular weight is 327 g/mol. The summed E-state index contributed by atoms with van der Waals surface area (Å²) in [4.78, 5) is 47.5. The monoisotopic (exact) mass is 327 g/mol. The maximum Gasteiger partial charge on any atom is 0.280 e. The van der Waals surface area contributed by atoms with Gasteiger partial charge in [0, 0.05) is 11.3 Å². The molecule has 0 radical (unpaired) electrons. The third kappa shape index (κ3) is 2.92. The fourth-order valence-electron chi connectivity index (χ4n) is 2.10. The quantitative estimate of drug-likeness (QED) is 0.421. The zero-order chi connectivity index (χ0) is 17.3. The van der Waals surface area contributed by atoms with Gasteiger partial charge < -0.3 is 21.8 Å². The molecule has 0 saturated heterocycles. The predicted octanol–water partition coefficient (Wildman–Crippen LogP) is -0.700. The minimum Gasteiger partial charge on any atom is -0.379 e. The number of benzene rings is 1. The Morgan fingerprint density at radius 1 is 1.08 bits per heavy atom. The van der Waals surface area contributed by atoms with Crippen LogP contribution < -0.4 is 27.9 Å². The van der Waals surface area contributed by atoms with Crippen molar-refractivity contribution in [3.05, 3.63) is 56.2 Å². The number of nitrogens with two attached hydrogens (primary N) is 2. The van der Waals surface area contributed by atoms with Crippen molar-refractivity contribution in [2.75, 3.05) is 11.1 Å². The van der Waals surface area contributed by atoms with E-state index < -0.39 is 17.0 Å². The van der Waals surface area contributed by atoms with E-state index in [1.54, 1.807) is 24.3 Å². The third-order valence-electron chi connectivity index (χ3n) is 3.28. The molecular weight excluding hydrogens is 314 g/mol. The Morgan fingerprint density at radius 3 is 2.46 bits per heavy atom. The number of hydrogen-bond donors (Lipinski definition) is 5. The van der Waals surface area contributed by atoms with Gasteiger partial charge in [0.25, 0.3) is 11.1 Å². The molecule has 0 aliphatic heterocycles. The molecular formula is C14H13N7O3. The minimum absolute atomic E-state index is 0.00956. The molecule has 2 aromatic heterocycles. The highest BCUT2D eigenvalue weighted by Gasteiger charge is 2.09. The van der Waals surface area contributed by atoms with Crippen LogP contribution in [0, 0.1) is 0 Å². The van der Waals surface area contributed by atoms with Gasteiger partial charge in [0.05, 0.1) is 6.54 Å². The number of nitrogens with one attached hydrogen (secondary N) is 3. The number of carbonyl (C=O) groups excluding carboxylic acids is 1. The van der Waals surface area contributed by atoms with Gasteiger partial charge in [0.1, 0.15) is 5.69 Å². The number of anilines is 2. The number of nitrogen functional groups attached to an aromatic ring is 1. The van der Waals surface area contributed by atoms with Crippen LogP contribution in [-0.4, -0.2) is 25.8 Å². The van der Waals surface area contributed by atoms with Gasteiger partial charge >= 0.3 is 0 Å². The summed E-state index contributed by atoms with van der Waals surface area (Å²) >= 11 is 0. The highest BCUT2D eigenvalue weighted by molar-refractivity contribution is 5.93. The van der Waals surface area contributed by atoms with E-state index in [0.29, 0.717) is 11.3 Å². The number of amides is 1. The maximum atomic E-state index is 12.0. The number of hydrogen-bond acceptors (Lipinski definition) is 7. The first-order valence-electron chi connectivity index (χ1n) is 6.86. The standard InChI is InChI=1S/C14H13N7O3/c15-10(22)6-1-3-7(4-2-6)17-5-8-12(23)19-11-9(18-8)13(24)21-14(16)20-11/h1-4,17H,5H2,(H2,15,22)(H4,16,19,20,21,23,24). The Bertz CT molecular complexity index is 1040. The Morgan fingerprint density at radius 2 is 1.79 bits per heavy atom. The molecule has 0 atom stereocenters. The second-order valence-corrected chi connectivity index (χ2v) is 4.96. The molecule has 1 amide bonds. The largest absolute Gasteiger partial charge is 0.379 e. The van der Waals surface area contributed by atoms with E-state index >= 15 is 0 Å². The topological polar surface area (TPSA) is 173 Å². The van der Waals surface area contributed by atoms with Gasteiger partial charge in [-0.1, -0.05) is 0 Å². The second-order valence-electron chi connectivity index (χ2n) is 4.96. The highest BCUT2D eigenvalue weighted by atomic mass is 16.1. The van der Waals surface area contributed by atoms with Crippen LogP contribution in [0.4, 0.5) is 11.6 Å². The van der Waals surface area contributed by atoms with Crippen molar-refractivity contribution < 1.29 is 4.79 Å². The summed E-state index contributed by atoms with van der Waals surface area (Å²) in [6.45, 7) is 0.0744. The van der Waals surface area contributed by atoms with Crippen LogP contribution in [0.1, 0.15) is 16.1 Å². The molecule has 3 aromatic rings. The third-order valence-corrected chi connectivity index (χ3v) is 3.28. The number of rotatable bonds is 4. The summed E-state index contributed by atoms with van der Waals surface area (Å²) in [7, 11) is 0. The molecule has 0 unspecified atom stereocenters. The lowest BCUT2D eigenvalue weighted by Crippen LogP contribution is -2.23. The van der Waals surface area contributed by atoms with E-state index in [1.807, 2.05) is 0 Å². The summed E-state index contributed by atoms with van der Waals surface area (Å²) in [5, 5.41) is 2.97. The molecule has 0 saturated carbocycles. The van der Waals surface area contributed by atoms with Crippen molar-refractivity contribution in [3.8, 4) is 0 Å². The van der Waals surface area contributed by atoms with Gasteiger partial charge in [-0.2, -0.15) is 4.98 Å². The van der Waals surface area contributed by atoms with Gasteiger partial charge in [0.15, 0.2) is 11.2 Å². The fourth-order valence-corrected chi connectivity index (χ4v) is 2.10. The van der Waals surface area contributed by atoms with Crippen LogP contribution in [0.15, 0.2) is 33.9 Å². The molecule has 0 fully saturated rings. The Balaban J connectivity index is 1.87. The molecule has 7 N–H and O–H groups in total. The molecule has 3 rings (SSSR count). The van der Waals surface area contributed by atoms with Gasteiger partial charge in [0.2, 0.25) is 11.9 Å². The first-order valence-corrected chi connectivity index (χ1v) is 6.86. The van der Waals surface area contributed by atoms with E-state index in [9.17, 15) is 14.4 Å². The van der Waals surface area contributed by atoms with E-state index in [4.69, 9.17) is 11.5 Å². The predicted molar refractivity (Wildman–Crippen MR) is 87.5 cm³/mol. The van der Waals surface area contributed by atoms with E-state index in [2.05, 4.69) is 25.3 Å². The number of H-pyrrole nitrogens is 2. The molecule has 0 bridgehead atoms. The number of aromatic amines is 2. The van der Waals surface area contributed by atoms with Crippen LogP contribution in [0.5, 0.6) is 0 Å². The lowest BCUT2D eigenvalue weighted by atomic mass is 10.2. The van der Waals surface area contributed by atoms with Gasteiger partial charge in [-0.3, -0.25) is 19.4 Å². The smallest absolute Gasteiger partial charge is 0.280 e. The molecule has 0 aliphatic carbocycles. The van der Waals surface area contributed by atoms with Crippen LogP contribution in [0.25, 0.3) is 11.2 Å². The number of aromatic nitrogens is 4. The first kappa shape index (κ1) is 15.2. The van der Waals surface area contributed by atoms with Crippen LogP contribution in [0.3, 0.4) is 0 Å². The van der Waals surface area contributed by atoms with Crippen molar-refractivity contribution in [1.29, 1.82) is 0 Å². The minimum atomic E-state index is -0.541. The molecule has 122 valence electrons.